The predicted molar refractivity (Wildman–Crippen MR) is 29.5 cm³/mol. The fraction of sp³-hybridized carbons (Fsp3) is 0.333. The molecule has 0 unspecified atom stereocenters. The van der Waals surface area contributed by atoms with Gasteiger partial charge in [0.05, 0.1) is 0 Å². The van der Waals surface area contributed by atoms with E-state index in [4.69, 9.17) is 5.53 Å². The molecule has 1 heterocycles. The van der Waals surface area contributed by atoms with Crippen LogP contribution in [-0.4, -0.2) is 9.36 Å². The molecule has 0 aliphatic rings. The standard InChI is InChI=1S/C3H4N4S/c1-2-5-3(6-4)8-7-2/h4H,1H3. The Morgan fingerprint density at radius 3 is 2.75 bits per heavy atom. The average molecular weight is 128 g/mol. The summed E-state index contributed by atoms with van der Waals surface area (Å²) in [5.41, 5.74) is 6.49. The lowest BCUT2D eigenvalue weighted by Crippen LogP contribution is -1.67. The predicted octanol–water partition coefficient (Wildman–Crippen LogP) is 1.51. The third-order valence-electron chi connectivity index (χ3n) is 0.612. The van der Waals surface area contributed by atoms with E-state index in [0.717, 1.165) is 11.5 Å². The Morgan fingerprint density at radius 1 is 1.75 bits per heavy atom. The average Bonchev–Trinajstić information content (AvgIpc) is 2.14. The number of aryl methyl sites for hydroxylation is 1. The summed E-state index contributed by atoms with van der Waals surface area (Å²) in [6, 6.07) is 0. The molecule has 5 heteroatoms. The van der Waals surface area contributed by atoms with Gasteiger partial charge in [0, 0.05) is 11.5 Å². The number of nitrogens with zero attached hydrogens (tertiary/aromatic N) is 3. The summed E-state index contributed by atoms with van der Waals surface area (Å²) >= 11 is 1.13. The highest BCUT2D eigenvalue weighted by Crippen LogP contribution is 2.12. The molecule has 1 N–H and O–H groups in total. The van der Waals surface area contributed by atoms with Crippen LogP contribution in [0.3, 0.4) is 0 Å². The van der Waals surface area contributed by atoms with Crippen molar-refractivity contribution in [1.29, 1.82) is 5.53 Å². The topological polar surface area (TPSA) is 62.0 Å². The van der Waals surface area contributed by atoms with Crippen LogP contribution in [0.15, 0.2) is 5.11 Å². The number of rotatable bonds is 1. The highest BCUT2D eigenvalue weighted by molar-refractivity contribution is 7.09. The summed E-state index contributed by atoms with van der Waals surface area (Å²) < 4.78 is 3.80. The third-order valence-corrected chi connectivity index (χ3v) is 1.31. The summed E-state index contributed by atoms with van der Waals surface area (Å²) in [5, 5.41) is 3.51. The first-order valence-corrected chi connectivity index (χ1v) is 2.78. The molecule has 0 fully saturated rings. The van der Waals surface area contributed by atoms with E-state index in [1.165, 1.54) is 0 Å². The van der Waals surface area contributed by atoms with Crippen molar-refractivity contribution in [3.8, 4) is 0 Å². The maximum Gasteiger partial charge on any atom is 0.248 e. The first-order chi connectivity index (χ1) is 3.83. The van der Waals surface area contributed by atoms with Crippen LogP contribution in [0.25, 0.3) is 0 Å². The van der Waals surface area contributed by atoms with Gasteiger partial charge in [-0.2, -0.15) is 4.37 Å². The fourth-order valence-electron chi connectivity index (χ4n) is 0.332. The first kappa shape index (κ1) is 5.30. The van der Waals surface area contributed by atoms with E-state index in [-0.39, 0.29) is 0 Å². The van der Waals surface area contributed by atoms with Gasteiger partial charge in [0.2, 0.25) is 5.13 Å². The SMILES string of the molecule is Cc1nsc(N=N)n1. The number of aromatic nitrogens is 2. The van der Waals surface area contributed by atoms with Crippen molar-refractivity contribution in [2.24, 2.45) is 5.11 Å². The molecule has 8 heavy (non-hydrogen) atoms. The molecule has 1 aromatic rings. The molecule has 0 saturated carbocycles. The van der Waals surface area contributed by atoms with Gasteiger partial charge in [-0.05, 0) is 6.92 Å². The summed E-state index contributed by atoms with van der Waals surface area (Å²) in [4.78, 5) is 3.78. The lowest BCUT2D eigenvalue weighted by Gasteiger charge is -1.69. The van der Waals surface area contributed by atoms with Gasteiger partial charge in [-0.15, -0.1) is 5.11 Å². The Hall–Kier alpha value is -0.840. The van der Waals surface area contributed by atoms with Gasteiger partial charge in [0.1, 0.15) is 5.82 Å². The van der Waals surface area contributed by atoms with Crippen molar-refractivity contribution in [2.75, 3.05) is 0 Å². The number of hydrogen-bond acceptors (Lipinski definition) is 5. The molecule has 0 atom stereocenters. The molecule has 0 amide bonds. The summed E-state index contributed by atoms with van der Waals surface area (Å²) in [6.07, 6.45) is 0. The molecular weight excluding hydrogens is 124 g/mol. The van der Waals surface area contributed by atoms with Crippen LogP contribution in [0, 0.1) is 12.5 Å². The van der Waals surface area contributed by atoms with Crippen molar-refractivity contribution in [2.45, 2.75) is 6.92 Å². The minimum Gasteiger partial charge on any atom is -0.202 e. The maximum atomic E-state index is 6.49. The van der Waals surface area contributed by atoms with E-state index in [1.807, 2.05) is 0 Å². The van der Waals surface area contributed by atoms with Crippen LogP contribution in [0.1, 0.15) is 5.82 Å². The second-order valence-corrected chi connectivity index (χ2v) is 1.97. The summed E-state index contributed by atoms with van der Waals surface area (Å²) in [6.45, 7) is 1.77. The van der Waals surface area contributed by atoms with Crippen molar-refractivity contribution in [3.05, 3.63) is 5.82 Å². The molecule has 0 aliphatic heterocycles. The number of hydrogen-bond donors (Lipinski definition) is 1. The van der Waals surface area contributed by atoms with Crippen LogP contribution < -0.4 is 0 Å². The van der Waals surface area contributed by atoms with Crippen LogP contribution in [-0.2, 0) is 0 Å². The molecule has 1 aromatic heterocycles. The van der Waals surface area contributed by atoms with Crippen molar-refractivity contribution >= 4 is 16.7 Å². The molecule has 4 nitrogen and oxygen atoms in total. The Balaban J connectivity index is 3.00. The van der Waals surface area contributed by atoms with Crippen molar-refractivity contribution in [3.63, 3.8) is 0 Å². The van der Waals surface area contributed by atoms with E-state index in [9.17, 15) is 0 Å². The maximum absolute atomic E-state index is 6.49. The van der Waals surface area contributed by atoms with Gasteiger partial charge < -0.3 is 0 Å². The van der Waals surface area contributed by atoms with E-state index < -0.39 is 0 Å². The zero-order valence-electron chi connectivity index (χ0n) is 4.25. The van der Waals surface area contributed by atoms with Gasteiger partial charge >= 0.3 is 0 Å². The molecule has 0 aliphatic carbocycles. The van der Waals surface area contributed by atoms with E-state index in [0.29, 0.717) is 11.0 Å². The van der Waals surface area contributed by atoms with E-state index >= 15 is 0 Å². The first-order valence-electron chi connectivity index (χ1n) is 2.00. The molecule has 0 bridgehead atoms. The minimum absolute atomic E-state index is 0.419. The molecule has 42 valence electrons. The van der Waals surface area contributed by atoms with E-state index in [1.54, 1.807) is 6.92 Å². The van der Waals surface area contributed by atoms with Gasteiger partial charge in [0.25, 0.3) is 0 Å². The van der Waals surface area contributed by atoms with Crippen LogP contribution in [0.2, 0.25) is 0 Å². The Morgan fingerprint density at radius 2 is 2.50 bits per heavy atom. The number of nitrogens with one attached hydrogen (secondary N) is 1. The lowest BCUT2D eigenvalue weighted by molar-refractivity contribution is 1.09. The van der Waals surface area contributed by atoms with Crippen LogP contribution in [0.5, 0.6) is 0 Å². The molecule has 0 radical (unpaired) electrons. The van der Waals surface area contributed by atoms with Gasteiger partial charge in [-0.25, -0.2) is 10.5 Å². The molecule has 0 saturated heterocycles. The summed E-state index contributed by atoms with van der Waals surface area (Å²) in [7, 11) is 0. The van der Waals surface area contributed by atoms with Gasteiger partial charge in [0.15, 0.2) is 0 Å². The monoisotopic (exact) mass is 128 g/mol. The molecule has 1 rings (SSSR count). The normalized spacial score (nSPS) is 9.12. The Labute approximate surface area is 50.3 Å². The van der Waals surface area contributed by atoms with Crippen molar-refractivity contribution < 1.29 is 0 Å². The second kappa shape index (κ2) is 1.95. The molecule has 0 spiro atoms. The molecular formula is C3H4N4S. The van der Waals surface area contributed by atoms with Crippen LogP contribution in [0.4, 0.5) is 5.13 Å². The van der Waals surface area contributed by atoms with E-state index in [2.05, 4.69) is 14.5 Å². The highest BCUT2D eigenvalue weighted by Gasteiger charge is 1.93. The zero-order valence-corrected chi connectivity index (χ0v) is 5.07. The highest BCUT2D eigenvalue weighted by atomic mass is 32.1. The zero-order chi connectivity index (χ0) is 5.98. The Bertz CT molecular complexity index is 193. The quantitative estimate of drug-likeness (QED) is 0.582. The minimum atomic E-state index is 0.419. The van der Waals surface area contributed by atoms with Gasteiger partial charge in [-0.1, -0.05) is 0 Å². The second-order valence-electron chi connectivity index (χ2n) is 1.24. The third kappa shape index (κ3) is 0.865. The Kier molecular flexibility index (Phi) is 1.29. The van der Waals surface area contributed by atoms with Crippen LogP contribution >= 0.6 is 11.5 Å². The fourth-order valence-corrected chi connectivity index (χ4v) is 0.800. The van der Waals surface area contributed by atoms with Crippen molar-refractivity contribution in [1.82, 2.24) is 9.36 Å². The summed E-state index contributed by atoms with van der Waals surface area (Å²) in [5.74, 6) is 0.681. The largest absolute Gasteiger partial charge is 0.248 e. The van der Waals surface area contributed by atoms with Gasteiger partial charge in [-0.3, -0.25) is 0 Å². The lowest BCUT2D eigenvalue weighted by atomic mass is 10.8. The molecule has 0 aromatic carbocycles. The smallest absolute Gasteiger partial charge is 0.202 e.